The number of hydrogen-bond donors (Lipinski definition) is 1. The highest BCUT2D eigenvalue weighted by molar-refractivity contribution is 7.16. The van der Waals surface area contributed by atoms with Gasteiger partial charge in [0.2, 0.25) is 0 Å². The number of thiophene rings is 1. The second kappa shape index (κ2) is 9.22. The van der Waals surface area contributed by atoms with Gasteiger partial charge in [0, 0.05) is 31.2 Å². The first-order valence-corrected chi connectivity index (χ1v) is 12.5. The number of methoxy groups -OCH3 is 2. The first kappa shape index (κ1) is 22.6. The predicted molar refractivity (Wildman–Crippen MR) is 138 cm³/mol. The number of benzene rings is 2. The molecule has 1 amide bonds. The van der Waals surface area contributed by atoms with Crippen molar-refractivity contribution in [3.63, 3.8) is 0 Å². The Morgan fingerprint density at radius 1 is 1.03 bits per heavy atom. The Morgan fingerprint density at radius 3 is 2.47 bits per heavy atom. The van der Waals surface area contributed by atoms with Gasteiger partial charge >= 0.3 is 0 Å². The standard InChI is InChI=1S/C27H31N3O3S/c1-29(2)19-12-10-18(11-13-19)25-28-26(31)24-20-7-5-6-8-23(20)34-27(24)30(25)16-17-9-14-21(32-3)22(15-17)33-4/h9-15,25H,5-8,16H2,1-4H3,(H,28,31). The van der Waals surface area contributed by atoms with Gasteiger partial charge in [-0.3, -0.25) is 4.79 Å². The van der Waals surface area contributed by atoms with Crippen molar-refractivity contribution in [1.29, 1.82) is 0 Å². The summed E-state index contributed by atoms with van der Waals surface area (Å²) < 4.78 is 11.0. The van der Waals surface area contributed by atoms with Crippen LogP contribution in [0.25, 0.3) is 0 Å². The number of hydrogen-bond acceptors (Lipinski definition) is 6. The highest BCUT2D eigenvalue weighted by Gasteiger charge is 2.37. The van der Waals surface area contributed by atoms with E-state index in [2.05, 4.69) is 45.4 Å². The Hall–Kier alpha value is -3.19. The van der Waals surface area contributed by atoms with E-state index in [1.165, 1.54) is 16.9 Å². The number of carbonyl (C=O) groups is 1. The molecule has 0 spiro atoms. The Kier molecular flexibility index (Phi) is 6.13. The molecule has 1 aromatic heterocycles. The van der Waals surface area contributed by atoms with Gasteiger partial charge in [-0.15, -0.1) is 11.3 Å². The number of fused-ring (bicyclic) bond motifs is 3. The maximum absolute atomic E-state index is 13.4. The van der Waals surface area contributed by atoms with Crippen LogP contribution in [0.3, 0.4) is 0 Å². The van der Waals surface area contributed by atoms with Gasteiger partial charge in [-0.1, -0.05) is 18.2 Å². The van der Waals surface area contributed by atoms with Crippen molar-refractivity contribution < 1.29 is 14.3 Å². The van der Waals surface area contributed by atoms with Crippen molar-refractivity contribution in [3.8, 4) is 11.5 Å². The summed E-state index contributed by atoms with van der Waals surface area (Å²) in [4.78, 5) is 19.2. The Labute approximate surface area is 205 Å². The first-order valence-electron chi connectivity index (χ1n) is 11.7. The van der Waals surface area contributed by atoms with Gasteiger partial charge in [0.05, 0.1) is 19.8 Å². The Balaban J connectivity index is 1.58. The number of rotatable bonds is 6. The fraction of sp³-hybridized carbons (Fsp3) is 0.370. The molecule has 2 heterocycles. The minimum Gasteiger partial charge on any atom is -0.493 e. The second-order valence-corrected chi connectivity index (χ2v) is 10.2. The molecule has 1 atom stereocenters. The molecule has 178 valence electrons. The molecule has 0 fully saturated rings. The summed E-state index contributed by atoms with van der Waals surface area (Å²) in [5.41, 5.74) is 5.42. The summed E-state index contributed by atoms with van der Waals surface area (Å²) in [5.74, 6) is 1.46. The largest absolute Gasteiger partial charge is 0.493 e. The second-order valence-electron chi connectivity index (χ2n) is 9.07. The van der Waals surface area contributed by atoms with E-state index in [4.69, 9.17) is 9.47 Å². The van der Waals surface area contributed by atoms with Crippen molar-refractivity contribution >= 4 is 27.9 Å². The van der Waals surface area contributed by atoms with E-state index in [1.54, 1.807) is 25.6 Å². The maximum atomic E-state index is 13.4. The van der Waals surface area contributed by atoms with Crippen LogP contribution in [0, 0.1) is 0 Å². The van der Waals surface area contributed by atoms with Gasteiger partial charge < -0.3 is 24.6 Å². The summed E-state index contributed by atoms with van der Waals surface area (Å²) in [6.07, 6.45) is 4.14. The lowest BCUT2D eigenvalue weighted by Gasteiger charge is -2.38. The molecular formula is C27H31N3O3S. The molecule has 1 aliphatic heterocycles. The molecule has 1 unspecified atom stereocenters. The monoisotopic (exact) mass is 477 g/mol. The smallest absolute Gasteiger partial charge is 0.256 e. The summed E-state index contributed by atoms with van der Waals surface area (Å²) in [6, 6.07) is 14.5. The van der Waals surface area contributed by atoms with Crippen LogP contribution < -0.4 is 24.6 Å². The Bertz CT molecular complexity index is 1200. The molecule has 2 aliphatic rings. The third-order valence-corrected chi connectivity index (χ3v) is 8.08. The van der Waals surface area contributed by atoms with E-state index in [9.17, 15) is 4.79 Å². The van der Waals surface area contributed by atoms with E-state index in [0.29, 0.717) is 18.0 Å². The minimum atomic E-state index is -0.246. The summed E-state index contributed by atoms with van der Waals surface area (Å²) >= 11 is 1.79. The Morgan fingerprint density at radius 2 is 1.76 bits per heavy atom. The zero-order chi connectivity index (χ0) is 23.8. The van der Waals surface area contributed by atoms with Crippen molar-refractivity contribution in [2.45, 2.75) is 38.4 Å². The van der Waals surface area contributed by atoms with Crippen LogP contribution in [0.5, 0.6) is 11.5 Å². The molecular weight excluding hydrogens is 446 g/mol. The molecule has 1 aliphatic carbocycles. The number of ether oxygens (including phenoxy) is 2. The normalized spacial score (nSPS) is 17.0. The molecule has 2 aromatic carbocycles. The number of nitrogens with one attached hydrogen (secondary N) is 1. The average molecular weight is 478 g/mol. The first-order chi connectivity index (χ1) is 16.5. The quantitative estimate of drug-likeness (QED) is 0.532. The highest BCUT2D eigenvalue weighted by Crippen LogP contribution is 2.46. The molecule has 1 N–H and O–H groups in total. The lowest BCUT2D eigenvalue weighted by Crippen LogP contribution is -2.45. The fourth-order valence-corrected chi connectivity index (χ4v) is 6.35. The number of anilines is 2. The lowest BCUT2D eigenvalue weighted by molar-refractivity contribution is 0.0925. The van der Waals surface area contributed by atoms with Gasteiger partial charge in [-0.25, -0.2) is 0 Å². The third-order valence-electron chi connectivity index (χ3n) is 6.75. The van der Waals surface area contributed by atoms with Gasteiger partial charge in [0.1, 0.15) is 11.2 Å². The fourth-order valence-electron chi connectivity index (χ4n) is 4.94. The maximum Gasteiger partial charge on any atom is 0.256 e. The SMILES string of the molecule is COc1ccc(CN2c3sc4c(c3C(=O)NC2c2ccc(N(C)C)cc2)CCCC4)cc1OC. The third kappa shape index (κ3) is 3.98. The number of carbonyl (C=O) groups excluding carboxylic acids is 1. The van der Waals surface area contributed by atoms with Crippen LogP contribution >= 0.6 is 11.3 Å². The van der Waals surface area contributed by atoms with Gasteiger partial charge in [-0.05, 0) is 66.6 Å². The average Bonchev–Trinajstić information content (AvgIpc) is 3.26. The molecule has 0 saturated carbocycles. The van der Waals surface area contributed by atoms with E-state index >= 15 is 0 Å². The molecule has 0 bridgehead atoms. The van der Waals surface area contributed by atoms with Gasteiger partial charge in [0.25, 0.3) is 5.91 Å². The van der Waals surface area contributed by atoms with Crippen molar-refractivity contribution in [1.82, 2.24) is 5.32 Å². The lowest BCUT2D eigenvalue weighted by atomic mass is 9.94. The van der Waals surface area contributed by atoms with Gasteiger partial charge in [0.15, 0.2) is 11.5 Å². The summed E-state index contributed by atoms with van der Waals surface area (Å²) in [5, 5.41) is 4.40. The van der Waals surface area contributed by atoms with Crippen LogP contribution in [0.4, 0.5) is 10.7 Å². The minimum absolute atomic E-state index is 0.0413. The van der Waals surface area contributed by atoms with Crippen molar-refractivity contribution in [3.05, 3.63) is 69.6 Å². The number of aryl methyl sites for hydroxylation is 1. The van der Waals surface area contributed by atoms with Crippen LogP contribution in [-0.2, 0) is 19.4 Å². The molecule has 5 rings (SSSR count). The molecule has 0 radical (unpaired) electrons. The van der Waals surface area contributed by atoms with Crippen molar-refractivity contribution in [2.75, 3.05) is 38.1 Å². The zero-order valence-electron chi connectivity index (χ0n) is 20.2. The number of amides is 1. The molecule has 7 heteroatoms. The summed E-state index contributed by atoms with van der Waals surface area (Å²) in [7, 11) is 7.36. The van der Waals surface area contributed by atoms with Crippen LogP contribution in [-0.4, -0.2) is 34.2 Å². The van der Waals surface area contributed by atoms with Crippen molar-refractivity contribution in [2.24, 2.45) is 0 Å². The van der Waals surface area contributed by atoms with E-state index in [0.717, 1.165) is 46.6 Å². The highest BCUT2D eigenvalue weighted by atomic mass is 32.1. The number of nitrogens with zero attached hydrogens (tertiary/aromatic N) is 2. The molecule has 3 aromatic rings. The van der Waals surface area contributed by atoms with Gasteiger partial charge in [-0.2, -0.15) is 0 Å². The summed E-state index contributed by atoms with van der Waals surface area (Å²) in [6.45, 7) is 0.646. The van der Waals surface area contributed by atoms with Crippen LogP contribution in [0.1, 0.15) is 50.9 Å². The molecule has 0 saturated heterocycles. The topological polar surface area (TPSA) is 54.0 Å². The zero-order valence-corrected chi connectivity index (χ0v) is 21.0. The molecule has 6 nitrogen and oxygen atoms in total. The van der Waals surface area contributed by atoms with E-state index < -0.39 is 0 Å². The van der Waals surface area contributed by atoms with E-state index in [-0.39, 0.29) is 12.1 Å². The van der Waals surface area contributed by atoms with Crippen LogP contribution in [0.15, 0.2) is 42.5 Å². The molecule has 34 heavy (non-hydrogen) atoms. The van der Waals surface area contributed by atoms with Crippen LogP contribution in [0.2, 0.25) is 0 Å². The predicted octanol–water partition coefficient (Wildman–Crippen LogP) is 5.16. The van der Waals surface area contributed by atoms with E-state index in [1.807, 2.05) is 26.2 Å².